The molecule has 0 amide bonds. The van der Waals surface area contributed by atoms with Crippen LogP contribution in [0.5, 0.6) is 0 Å². The summed E-state index contributed by atoms with van der Waals surface area (Å²) >= 11 is 0. The van der Waals surface area contributed by atoms with E-state index in [9.17, 15) is 0 Å². The second kappa shape index (κ2) is 2.87. The van der Waals surface area contributed by atoms with Crippen molar-refractivity contribution < 1.29 is 0 Å². The molecule has 49 valence electrons. The number of nitriles is 1. The fourth-order valence-corrected chi connectivity index (χ4v) is 1.35. The molecule has 0 aromatic rings. The van der Waals surface area contributed by atoms with Crippen LogP contribution in [0.25, 0.3) is 0 Å². The molecule has 1 aliphatic rings. The average Bonchev–Trinajstić information content (AvgIpc) is 1.89. The van der Waals surface area contributed by atoms with Crippen molar-refractivity contribution in [2.24, 2.45) is 5.92 Å². The molecule has 1 fully saturated rings. The molecular weight excluding hydrogens is 110 g/mol. The lowest BCUT2D eigenvalue weighted by molar-refractivity contribution is 0.444. The monoisotopic (exact) mass is 122 g/mol. The largest absolute Gasteiger partial charge is 0.198 e. The lowest BCUT2D eigenvalue weighted by atomic mass is 9.81. The van der Waals surface area contributed by atoms with Crippen molar-refractivity contribution in [3.63, 3.8) is 0 Å². The minimum atomic E-state index is 0.573. The van der Waals surface area contributed by atoms with Gasteiger partial charge in [-0.25, -0.2) is 0 Å². The van der Waals surface area contributed by atoms with Crippen molar-refractivity contribution in [3.05, 3.63) is 5.92 Å². The van der Waals surface area contributed by atoms with Gasteiger partial charge in [0.2, 0.25) is 0 Å². The highest BCUT2D eigenvalue weighted by atomic mass is 14.3. The minimum Gasteiger partial charge on any atom is -0.198 e. The molecule has 0 N–H and O–H groups in total. The summed E-state index contributed by atoms with van der Waals surface area (Å²) in [5, 5.41) is 8.57. The molecular formula is C8H12N. The van der Waals surface area contributed by atoms with E-state index in [4.69, 9.17) is 5.26 Å². The van der Waals surface area contributed by atoms with Gasteiger partial charge in [-0.1, -0.05) is 19.8 Å². The molecule has 1 rings (SSSR count). The van der Waals surface area contributed by atoms with Crippen LogP contribution >= 0.6 is 0 Å². The van der Waals surface area contributed by atoms with Gasteiger partial charge in [0.05, 0.1) is 12.0 Å². The maximum absolute atomic E-state index is 8.57. The summed E-state index contributed by atoms with van der Waals surface area (Å²) in [6.45, 7) is 2.15. The Morgan fingerprint density at radius 2 is 2.33 bits per heavy atom. The van der Waals surface area contributed by atoms with E-state index in [1.54, 1.807) is 0 Å². The lowest BCUT2D eigenvalue weighted by Crippen LogP contribution is -2.12. The van der Waals surface area contributed by atoms with Gasteiger partial charge in [-0.15, -0.1) is 0 Å². The van der Waals surface area contributed by atoms with E-state index < -0.39 is 0 Å². The molecule has 0 saturated heterocycles. The minimum absolute atomic E-state index is 0.573. The Labute approximate surface area is 56.7 Å². The third kappa shape index (κ3) is 1.45. The Hall–Kier alpha value is -0.510. The highest BCUT2D eigenvalue weighted by Gasteiger charge is 2.20. The van der Waals surface area contributed by atoms with Crippen molar-refractivity contribution in [2.45, 2.75) is 32.6 Å². The van der Waals surface area contributed by atoms with Gasteiger partial charge in [0.25, 0.3) is 0 Å². The molecule has 0 aromatic heterocycles. The number of hydrogen-bond acceptors (Lipinski definition) is 1. The summed E-state index contributed by atoms with van der Waals surface area (Å²) in [4.78, 5) is 0. The van der Waals surface area contributed by atoms with Gasteiger partial charge in [0, 0.05) is 0 Å². The molecule has 0 aliphatic heterocycles. The van der Waals surface area contributed by atoms with Gasteiger partial charge in [0.15, 0.2) is 0 Å². The second-order valence-corrected chi connectivity index (χ2v) is 2.78. The first-order valence-corrected chi connectivity index (χ1v) is 3.60. The summed E-state index contributed by atoms with van der Waals surface area (Å²) in [5.74, 6) is 1.69. The summed E-state index contributed by atoms with van der Waals surface area (Å²) < 4.78 is 0. The summed E-state index contributed by atoms with van der Waals surface area (Å²) in [6.07, 6.45) is 4.82. The molecule has 1 nitrogen and oxygen atoms in total. The Morgan fingerprint density at radius 1 is 1.56 bits per heavy atom. The van der Waals surface area contributed by atoms with Crippen LogP contribution in [0.15, 0.2) is 0 Å². The Bertz CT molecular complexity index is 123. The van der Waals surface area contributed by atoms with E-state index in [1.807, 2.05) is 0 Å². The molecule has 1 radical (unpaired) electrons. The van der Waals surface area contributed by atoms with Crippen LogP contribution in [-0.4, -0.2) is 0 Å². The molecule has 1 heteroatoms. The van der Waals surface area contributed by atoms with Crippen LogP contribution in [0.4, 0.5) is 0 Å². The van der Waals surface area contributed by atoms with Crippen LogP contribution in [0.3, 0.4) is 0 Å². The van der Waals surface area contributed by atoms with Gasteiger partial charge in [0.1, 0.15) is 0 Å². The van der Waals surface area contributed by atoms with Crippen LogP contribution in [0.2, 0.25) is 0 Å². The predicted octanol–water partition coefficient (Wildman–Crippen LogP) is 2.29. The normalized spacial score (nSPS) is 29.6. The van der Waals surface area contributed by atoms with E-state index in [1.165, 1.54) is 19.3 Å². The van der Waals surface area contributed by atoms with Gasteiger partial charge < -0.3 is 0 Å². The van der Waals surface area contributed by atoms with Gasteiger partial charge in [-0.2, -0.15) is 5.26 Å². The average molecular weight is 122 g/mol. The first-order chi connectivity index (χ1) is 4.34. The summed E-state index contributed by atoms with van der Waals surface area (Å²) in [7, 11) is 0. The fraction of sp³-hybridized carbons (Fsp3) is 0.750. The zero-order chi connectivity index (χ0) is 6.69. The van der Waals surface area contributed by atoms with Crippen molar-refractivity contribution in [3.8, 4) is 6.07 Å². The topological polar surface area (TPSA) is 23.8 Å². The van der Waals surface area contributed by atoms with Crippen molar-refractivity contribution in [1.29, 1.82) is 5.26 Å². The van der Waals surface area contributed by atoms with E-state index >= 15 is 0 Å². The Kier molecular flexibility index (Phi) is 2.10. The van der Waals surface area contributed by atoms with Crippen LogP contribution in [0.1, 0.15) is 32.6 Å². The zero-order valence-corrected chi connectivity index (χ0v) is 5.85. The van der Waals surface area contributed by atoms with Gasteiger partial charge in [-0.05, 0) is 18.8 Å². The molecule has 1 saturated carbocycles. The second-order valence-electron chi connectivity index (χ2n) is 2.78. The molecule has 0 bridgehead atoms. The van der Waals surface area contributed by atoms with Crippen LogP contribution in [0, 0.1) is 23.2 Å². The Balaban J connectivity index is 2.41. The first kappa shape index (κ1) is 6.61. The molecule has 9 heavy (non-hydrogen) atoms. The van der Waals surface area contributed by atoms with Crippen molar-refractivity contribution >= 4 is 0 Å². The highest BCUT2D eigenvalue weighted by molar-refractivity contribution is 5.14. The molecule has 1 aliphatic carbocycles. The number of rotatable bonds is 0. The van der Waals surface area contributed by atoms with Crippen molar-refractivity contribution in [1.82, 2.24) is 0 Å². The maximum atomic E-state index is 8.57. The number of nitrogens with zero attached hydrogens (tertiary/aromatic N) is 1. The maximum Gasteiger partial charge on any atom is 0.0787 e. The van der Waals surface area contributed by atoms with Crippen LogP contribution < -0.4 is 0 Å². The van der Waals surface area contributed by atoms with E-state index in [2.05, 4.69) is 13.0 Å². The summed E-state index contributed by atoms with van der Waals surface area (Å²) in [6, 6.07) is 2.27. The van der Waals surface area contributed by atoms with Gasteiger partial charge in [-0.3, -0.25) is 0 Å². The standard InChI is InChI=1S/C8H12N/c1-7-4-2-3-5-8(7)6-9/h7H,2-5H2,1H3. The van der Waals surface area contributed by atoms with E-state index in [-0.39, 0.29) is 0 Å². The lowest BCUT2D eigenvalue weighted by Gasteiger charge is -2.21. The van der Waals surface area contributed by atoms with Crippen LogP contribution in [-0.2, 0) is 0 Å². The molecule has 0 heterocycles. The molecule has 1 unspecified atom stereocenters. The van der Waals surface area contributed by atoms with E-state index in [0.717, 1.165) is 12.3 Å². The quantitative estimate of drug-likeness (QED) is 0.483. The molecule has 0 spiro atoms. The predicted molar refractivity (Wildman–Crippen MR) is 36.5 cm³/mol. The SMILES string of the molecule is CC1CCCC[C]1C#N. The van der Waals surface area contributed by atoms with E-state index in [0.29, 0.717) is 5.92 Å². The Morgan fingerprint density at radius 3 is 2.78 bits per heavy atom. The third-order valence-corrected chi connectivity index (χ3v) is 2.07. The first-order valence-electron chi connectivity index (χ1n) is 3.60. The highest BCUT2D eigenvalue weighted by Crippen LogP contribution is 2.30. The zero-order valence-electron chi connectivity index (χ0n) is 5.85. The number of hydrogen-bond donors (Lipinski definition) is 0. The smallest absolute Gasteiger partial charge is 0.0787 e. The summed E-state index contributed by atoms with van der Waals surface area (Å²) in [5.41, 5.74) is 0. The molecule has 1 atom stereocenters. The van der Waals surface area contributed by atoms with Crippen molar-refractivity contribution in [2.75, 3.05) is 0 Å². The fourth-order valence-electron chi connectivity index (χ4n) is 1.35. The van der Waals surface area contributed by atoms with Gasteiger partial charge >= 0.3 is 0 Å². The third-order valence-electron chi connectivity index (χ3n) is 2.07. The molecule has 0 aromatic carbocycles.